The number of carbonyl (C=O) groups excluding carboxylic acids is 1. The summed E-state index contributed by atoms with van der Waals surface area (Å²) in [5.74, 6) is 1.09. The van der Waals surface area contributed by atoms with E-state index in [9.17, 15) is 9.59 Å². The number of benzene rings is 2. The molecule has 9 heteroatoms. The Morgan fingerprint density at radius 2 is 1.84 bits per heavy atom. The van der Waals surface area contributed by atoms with Crippen LogP contribution in [0.5, 0.6) is 11.5 Å². The molecule has 3 aromatic rings. The molecule has 7 nitrogen and oxygen atoms in total. The molecule has 0 bridgehead atoms. The lowest BCUT2D eigenvalue weighted by Gasteiger charge is -2.29. The van der Waals surface area contributed by atoms with Crippen LogP contribution >= 0.6 is 22.9 Å². The molecule has 200 valence electrons. The predicted molar refractivity (Wildman–Crippen MR) is 152 cm³/mol. The number of aromatic nitrogens is 1. The molecule has 0 aliphatic carbocycles. The van der Waals surface area contributed by atoms with Crippen molar-refractivity contribution in [1.82, 2.24) is 9.47 Å². The average Bonchev–Trinajstić information content (AvgIpc) is 3.19. The van der Waals surface area contributed by atoms with Crippen LogP contribution in [0.3, 0.4) is 0 Å². The number of ether oxygens (including phenoxy) is 2. The number of amides is 1. The van der Waals surface area contributed by atoms with Gasteiger partial charge in [-0.05, 0) is 76.1 Å². The molecule has 0 N–H and O–H groups in total. The van der Waals surface area contributed by atoms with E-state index >= 15 is 0 Å². The van der Waals surface area contributed by atoms with Crippen molar-refractivity contribution >= 4 is 34.9 Å². The van der Waals surface area contributed by atoms with Gasteiger partial charge in [0.2, 0.25) is 0 Å². The highest BCUT2D eigenvalue weighted by atomic mass is 35.5. The first-order valence-electron chi connectivity index (χ1n) is 12.6. The van der Waals surface area contributed by atoms with Gasteiger partial charge in [-0.2, -0.15) is 0 Å². The number of methoxy groups -OCH3 is 1. The van der Waals surface area contributed by atoms with Crippen molar-refractivity contribution in [3.63, 3.8) is 0 Å². The maximum absolute atomic E-state index is 13.9. The molecule has 0 spiro atoms. The van der Waals surface area contributed by atoms with Gasteiger partial charge in [0.05, 0.1) is 35.1 Å². The van der Waals surface area contributed by atoms with E-state index in [1.165, 1.54) is 11.3 Å². The minimum atomic E-state index is -0.616. The number of thiazole rings is 1. The van der Waals surface area contributed by atoms with Crippen LogP contribution in [0.1, 0.15) is 51.8 Å². The number of fused-ring (bicyclic) bond motifs is 1. The van der Waals surface area contributed by atoms with Crippen LogP contribution in [0.2, 0.25) is 5.02 Å². The highest BCUT2D eigenvalue weighted by molar-refractivity contribution is 7.07. The van der Waals surface area contributed by atoms with E-state index in [0.29, 0.717) is 50.2 Å². The van der Waals surface area contributed by atoms with Gasteiger partial charge in [0, 0.05) is 18.1 Å². The van der Waals surface area contributed by atoms with Crippen molar-refractivity contribution in [3.8, 4) is 11.5 Å². The Kier molecular flexibility index (Phi) is 8.43. The molecule has 0 fully saturated rings. The molecule has 0 saturated carbocycles. The molecule has 2 aromatic carbocycles. The maximum atomic E-state index is 13.9. The van der Waals surface area contributed by atoms with E-state index in [-0.39, 0.29) is 17.6 Å². The number of hydrogen-bond donors (Lipinski definition) is 0. The van der Waals surface area contributed by atoms with Crippen molar-refractivity contribution in [2.75, 3.05) is 20.2 Å². The number of allylic oxidation sites excluding steroid dienone is 1. The van der Waals surface area contributed by atoms with Crippen molar-refractivity contribution in [2.45, 2.75) is 46.8 Å². The zero-order valence-electron chi connectivity index (χ0n) is 22.4. The summed E-state index contributed by atoms with van der Waals surface area (Å²) in [6.07, 6.45) is 1.82. The summed E-state index contributed by atoms with van der Waals surface area (Å²) in [4.78, 5) is 34.5. The lowest BCUT2D eigenvalue weighted by atomic mass is 9.94. The topological polar surface area (TPSA) is 73.1 Å². The molecule has 1 amide bonds. The smallest absolute Gasteiger partial charge is 0.271 e. The third-order valence-corrected chi connectivity index (χ3v) is 7.57. The van der Waals surface area contributed by atoms with Gasteiger partial charge in [-0.3, -0.25) is 14.2 Å². The van der Waals surface area contributed by atoms with Crippen LogP contribution in [0, 0.1) is 0 Å². The lowest BCUT2D eigenvalue weighted by molar-refractivity contribution is -0.127. The number of carbonyl (C=O) groups is 1. The molecular weight excluding hydrogens is 522 g/mol. The van der Waals surface area contributed by atoms with Gasteiger partial charge in [-0.1, -0.05) is 41.1 Å². The van der Waals surface area contributed by atoms with Crippen LogP contribution in [-0.2, 0) is 4.79 Å². The number of halogens is 1. The number of rotatable bonds is 8. The fraction of sp³-hybridized carbons (Fsp3) is 0.345. The van der Waals surface area contributed by atoms with Crippen molar-refractivity contribution < 1.29 is 14.3 Å². The van der Waals surface area contributed by atoms with E-state index < -0.39 is 6.04 Å². The monoisotopic (exact) mass is 553 g/mol. The largest absolute Gasteiger partial charge is 0.493 e. The van der Waals surface area contributed by atoms with Crippen LogP contribution in [0.4, 0.5) is 0 Å². The van der Waals surface area contributed by atoms with E-state index in [4.69, 9.17) is 26.1 Å². The Hall–Kier alpha value is -3.36. The summed E-state index contributed by atoms with van der Waals surface area (Å²) < 4.78 is 13.5. The van der Waals surface area contributed by atoms with Crippen LogP contribution in [-0.4, -0.2) is 41.7 Å². The third kappa shape index (κ3) is 5.42. The van der Waals surface area contributed by atoms with Crippen LogP contribution < -0.4 is 24.4 Å². The molecule has 0 radical (unpaired) electrons. The molecular formula is C29H32ClN3O4S. The zero-order chi connectivity index (χ0) is 27.6. The normalized spacial score (nSPS) is 15.4. The second-order valence-electron chi connectivity index (χ2n) is 9.19. The minimum Gasteiger partial charge on any atom is -0.493 e. The van der Waals surface area contributed by atoms with Gasteiger partial charge < -0.3 is 14.4 Å². The standard InChI is InChI=1S/C29H32ClN3O4S/c1-7-32(8-2)28(35)25-18(5)31-29-33(26(25)20-10-12-21(30)13-11-20)27(34)24(38-29)16-19-9-14-22(37-17(3)4)23(15-19)36-6/h9-17,26H,7-8H2,1-6H3/b24-16+/t26-/m0/s1. The molecule has 2 heterocycles. The highest BCUT2D eigenvalue weighted by Gasteiger charge is 2.34. The summed E-state index contributed by atoms with van der Waals surface area (Å²) in [5, 5.41) is 0.581. The summed E-state index contributed by atoms with van der Waals surface area (Å²) in [5.41, 5.74) is 2.47. The van der Waals surface area contributed by atoms with Crippen molar-refractivity contribution in [3.05, 3.63) is 89.6 Å². The minimum absolute atomic E-state index is 0.00259. The van der Waals surface area contributed by atoms with Gasteiger partial charge in [-0.15, -0.1) is 0 Å². The first-order chi connectivity index (χ1) is 18.2. The van der Waals surface area contributed by atoms with E-state index in [2.05, 4.69) is 0 Å². The molecule has 1 atom stereocenters. The Balaban J connectivity index is 1.89. The van der Waals surface area contributed by atoms with E-state index in [1.54, 1.807) is 28.7 Å². The molecule has 4 rings (SSSR count). The van der Waals surface area contributed by atoms with Gasteiger partial charge >= 0.3 is 0 Å². The lowest BCUT2D eigenvalue weighted by Crippen LogP contribution is -2.43. The molecule has 1 aromatic heterocycles. The molecule has 1 aliphatic rings. The Morgan fingerprint density at radius 3 is 2.45 bits per heavy atom. The summed E-state index contributed by atoms with van der Waals surface area (Å²) in [6, 6.07) is 12.2. The SMILES string of the molecule is CCN(CC)C(=O)C1=C(C)N=c2s/c(=C/c3ccc(OC(C)C)c(OC)c3)c(=O)n2[C@H]1c1ccc(Cl)cc1. The summed E-state index contributed by atoms with van der Waals surface area (Å²) in [6.45, 7) is 10.7. The Bertz CT molecular complexity index is 1550. The van der Waals surface area contributed by atoms with Gasteiger partial charge in [0.1, 0.15) is 0 Å². The summed E-state index contributed by atoms with van der Waals surface area (Å²) in [7, 11) is 1.59. The Labute approximate surface area is 231 Å². The number of nitrogens with zero attached hydrogens (tertiary/aromatic N) is 3. The van der Waals surface area contributed by atoms with Crippen molar-refractivity contribution in [2.24, 2.45) is 4.99 Å². The first kappa shape index (κ1) is 27.7. The van der Waals surface area contributed by atoms with E-state index in [1.807, 2.05) is 71.0 Å². The fourth-order valence-electron chi connectivity index (χ4n) is 4.51. The number of hydrogen-bond acceptors (Lipinski definition) is 6. The molecule has 1 aliphatic heterocycles. The van der Waals surface area contributed by atoms with Crippen molar-refractivity contribution in [1.29, 1.82) is 0 Å². The van der Waals surface area contributed by atoms with Gasteiger partial charge in [0.25, 0.3) is 11.5 Å². The van der Waals surface area contributed by atoms with E-state index in [0.717, 1.165) is 11.1 Å². The molecule has 0 saturated heterocycles. The highest BCUT2D eigenvalue weighted by Crippen LogP contribution is 2.32. The second-order valence-corrected chi connectivity index (χ2v) is 10.6. The van der Waals surface area contributed by atoms with Gasteiger partial charge in [0.15, 0.2) is 16.3 Å². The number of likely N-dealkylation sites (N-methyl/N-ethyl adjacent to an activating group) is 1. The summed E-state index contributed by atoms with van der Waals surface area (Å²) >= 11 is 7.46. The first-order valence-corrected chi connectivity index (χ1v) is 13.8. The van der Waals surface area contributed by atoms with Crippen LogP contribution in [0.15, 0.2) is 63.5 Å². The zero-order valence-corrected chi connectivity index (χ0v) is 24.0. The second kappa shape index (κ2) is 11.6. The van der Waals surface area contributed by atoms with Gasteiger partial charge in [-0.25, -0.2) is 4.99 Å². The quantitative estimate of drug-likeness (QED) is 0.410. The maximum Gasteiger partial charge on any atom is 0.271 e. The van der Waals surface area contributed by atoms with Crippen LogP contribution in [0.25, 0.3) is 6.08 Å². The third-order valence-electron chi connectivity index (χ3n) is 6.34. The Morgan fingerprint density at radius 1 is 1.16 bits per heavy atom. The molecule has 0 unspecified atom stereocenters. The predicted octanol–water partition coefficient (Wildman–Crippen LogP) is 4.55. The molecule has 38 heavy (non-hydrogen) atoms. The average molecular weight is 554 g/mol. The fourth-order valence-corrected chi connectivity index (χ4v) is 5.69.